The molecule has 1 aromatic heterocycles. The molecule has 1 amide bonds. The summed E-state index contributed by atoms with van der Waals surface area (Å²) in [6.45, 7) is -0.111. The summed E-state index contributed by atoms with van der Waals surface area (Å²) >= 11 is 0. The first-order valence-electron chi connectivity index (χ1n) is 5.23. The molecule has 0 radical (unpaired) electrons. The quantitative estimate of drug-likeness (QED) is 0.529. The number of aliphatic hydroxyl groups is 1. The second-order valence-electron chi connectivity index (χ2n) is 3.56. The van der Waals surface area contributed by atoms with E-state index in [0.717, 1.165) is 10.9 Å². The molecule has 17 heavy (non-hydrogen) atoms. The number of hydrogen-bond donors (Lipinski definition) is 3. The lowest BCUT2D eigenvalue weighted by Gasteiger charge is -2.00. The van der Waals surface area contributed by atoms with Crippen molar-refractivity contribution in [2.24, 2.45) is 0 Å². The lowest BCUT2D eigenvalue weighted by Crippen LogP contribution is -2.32. The molecule has 0 fully saturated rings. The summed E-state index contributed by atoms with van der Waals surface area (Å²) in [5.74, 6) is -1.31. The molecule has 5 heteroatoms. The van der Waals surface area contributed by atoms with Gasteiger partial charge >= 0.3 is 0 Å². The van der Waals surface area contributed by atoms with Crippen LogP contribution in [0.2, 0.25) is 0 Å². The van der Waals surface area contributed by atoms with Gasteiger partial charge in [-0.2, -0.15) is 0 Å². The van der Waals surface area contributed by atoms with Gasteiger partial charge in [0.25, 0.3) is 11.7 Å². The number of benzene rings is 1. The molecule has 2 rings (SSSR count). The van der Waals surface area contributed by atoms with Gasteiger partial charge in [0.2, 0.25) is 0 Å². The van der Waals surface area contributed by atoms with Crippen LogP contribution in [-0.2, 0) is 4.79 Å². The third kappa shape index (κ3) is 2.19. The number of hydrogen-bond acceptors (Lipinski definition) is 3. The predicted molar refractivity (Wildman–Crippen MR) is 62.7 cm³/mol. The van der Waals surface area contributed by atoms with Crippen LogP contribution in [0.15, 0.2) is 30.5 Å². The SMILES string of the molecule is O=C(NCCO)C(=O)c1c[nH]c2ccccc12. The lowest BCUT2D eigenvalue weighted by molar-refractivity contribution is -0.117. The van der Waals surface area contributed by atoms with E-state index in [0.29, 0.717) is 5.56 Å². The maximum atomic E-state index is 11.8. The van der Waals surface area contributed by atoms with Crippen molar-refractivity contribution < 1.29 is 14.7 Å². The van der Waals surface area contributed by atoms with Crippen molar-refractivity contribution in [1.82, 2.24) is 10.3 Å². The highest BCUT2D eigenvalue weighted by atomic mass is 16.3. The summed E-state index contributed by atoms with van der Waals surface area (Å²) in [5, 5.41) is 11.6. The molecule has 0 aliphatic heterocycles. The van der Waals surface area contributed by atoms with Crippen LogP contribution in [0, 0.1) is 0 Å². The minimum absolute atomic E-state index is 0.0763. The van der Waals surface area contributed by atoms with E-state index in [2.05, 4.69) is 10.3 Å². The smallest absolute Gasteiger partial charge is 0.292 e. The van der Waals surface area contributed by atoms with E-state index in [-0.39, 0.29) is 13.2 Å². The first-order valence-corrected chi connectivity index (χ1v) is 5.23. The summed E-state index contributed by atoms with van der Waals surface area (Å²) in [6.07, 6.45) is 1.52. The molecule has 0 unspecified atom stereocenters. The summed E-state index contributed by atoms with van der Waals surface area (Å²) < 4.78 is 0. The predicted octanol–water partition coefficient (Wildman–Crippen LogP) is 0.459. The molecule has 3 N–H and O–H groups in total. The number of fused-ring (bicyclic) bond motifs is 1. The van der Waals surface area contributed by atoms with E-state index < -0.39 is 11.7 Å². The number of carbonyl (C=O) groups excluding carboxylic acids is 2. The van der Waals surface area contributed by atoms with Crippen LogP contribution in [0.3, 0.4) is 0 Å². The fourth-order valence-electron chi connectivity index (χ4n) is 1.63. The second-order valence-corrected chi connectivity index (χ2v) is 3.56. The van der Waals surface area contributed by atoms with E-state index in [9.17, 15) is 9.59 Å². The number of para-hydroxylation sites is 1. The Morgan fingerprint density at radius 1 is 1.29 bits per heavy atom. The van der Waals surface area contributed by atoms with Crippen molar-refractivity contribution in [2.45, 2.75) is 0 Å². The van der Waals surface area contributed by atoms with Crippen molar-refractivity contribution in [2.75, 3.05) is 13.2 Å². The zero-order valence-electron chi connectivity index (χ0n) is 9.06. The molecule has 1 heterocycles. The average molecular weight is 232 g/mol. The van der Waals surface area contributed by atoms with Gasteiger partial charge in [0.15, 0.2) is 0 Å². The first kappa shape index (κ1) is 11.3. The van der Waals surface area contributed by atoms with Gasteiger partial charge in [0, 0.05) is 23.6 Å². The van der Waals surface area contributed by atoms with Crippen molar-refractivity contribution in [3.05, 3.63) is 36.0 Å². The van der Waals surface area contributed by atoms with Gasteiger partial charge in [-0.3, -0.25) is 9.59 Å². The van der Waals surface area contributed by atoms with Gasteiger partial charge in [-0.1, -0.05) is 18.2 Å². The normalized spacial score (nSPS) is 10.4. The zero-order valence-corrected chi connectivity index (χ0v) is 9.06. The van der Waals surface area contributed by atoms with Crippen LogP contribution in [0.1, 0.15) is 10.4 Å². The molecular weight excluding hydrogens is 220 g/mol. The number of aliphatic hydroxyl groups excluding tert-OH is 1. The minimum Gasteiger partial charge on any atom is -0.395 e. The molecule has 2 aromatic rings. The summed E-state index contributed by atoms with van der Waals surface area (Å²) in [7, 11) is 0. The fourth-order valence-corrected chi connectivity index (χ4v) is 1.63. The van der Waals surface area contributed by atoms with Crippen LogP contribution < -0.4 is 5.32 Å². The van der Waals surface area contributed by atoms with E-state index in [1.807, 2.05) is 12.1 Å². The number of aromatic nitrogens is 1. The molecule has 0 saturated heterocycles. The number of amides is 1. The number of carbonyl (C=O) groups is 2. The lowest BCUT2D eigenvalue weighted by atomic mass is 10.1. The number of Topliss-reactive ketones (excluding diaryl/α,β-unsaturated/α-hetero) is 1. The number of nitrogens with one attached hydrogen (secondary N) is 2. The molecule has 1 aromatic carbocycles. The van der Waals surface area contributed by atoms with Gasteiger partial charge < -0.3 is 15.4 Å². The maximum absolute atomic E-state index is 11.8. The molecule has 0 spiro atoms. The van der Waals surface area contributed by atoms with Crippen LogP contribution in [0.25, 0.3) is 10.9 Å². The van der Waals surface area contributed by atoms with Crippen LogP contribution in [0.5, 0.6) is 0 Å². The Bertz CT molecular complexity index is 560. The molecular formula is C12H12N2O3. The highest BCUT2D eigenvalue weighted by molar-refractivity contribution is 6.44. The average Bonchev–Trinajstić information content (AvgIpc) is 2.78. The Hall–Kier alpha value is -2.14. The van der Waals surface area contributed by atoms with Gasteiger partial charge in [-0.15, -0.1) is 0 Å². The number of aromatic amines is 1. The van der Waals surface area contributed by atoms with E-state index in [4.69, 9.17) is 5.11 Å². The molecule has 0 aliphatic carbocycles. The summed E-state index contributed by atoms with van der Waals surface area (Å²) in [6, 6.07) is 7.26. The third-order valence-electron chi connectivity index (χ3n) is 2.44. The molecule has 0 aliphatic rings. The molecule has 88 valence electrons. The fraction of sp³-hybridized carbons (Fsp3) is 0.167. The van der Waals surface area contributed by atoms with E-state index in [1.54, 1.807) is 12.1 Å². The molecule has 0 bridgehead atoms. The van der Waals surface area contributed by atoms with Crippen molar-refractivity contribution in [3.63, 3.8) is 0 Å². The standard InChI is InChI=1S/C12H12N2O3/c15-6-5-13-12(17)11(16)9-7-14-10-4-2-1-3-8(9)10/h1-4,7,14-15H,5-6H2,(H,13,17). The van der Waals surface area contributed by atoms with Gasteiger partial charge in [0.1, 0.15) is 0 Å². The Kier molecular flexibility index (Phi) is 3.20. The highest BCUT2D eigenvalue weighted by Crippen LogP contribution is 2.17. The van der Waals surface area contributed by atoms with Crippen molar-refractivity contribution in [3.8, 4) is 0 Å². The Morgan fingerprint density at radius 2 is 2.06 bits per heavy atom. The number of ketones is 1. The number of H-pyrrole nitrogens is 1. The second kappa shape index (κ2) is 4.80. The Labute approximate surface area is 97.4 Å². The number of rotatable bonds is 4. The first-order chi connectivity index (χ1) is 8.24. The van der Waals surface area contributed by atoms with Crippen molar-refractivity contribution >= 4 is 22.6 Å². The highest BCUT2D eigenvalue weighted by Gasteiger charge is 2.18. The van der Waals surface area contributed by atoms with Gasteiger partial charge in [-0.05, 0) is 6.07 Å². The van der Waals surface area contributed by atoms with Gasteiger partial charge in [-0.25, -0.2) is 0 Å². The maximum Gasteiger partial charge on any atom is 0.292 e. The Morgan fingerprint density at radius 3 is 2.82 bits per heavy atom. The largest absolute Gasteiger partial charge is 0.395 e. The van der Waals surface area contributed by atoms with Gasteiger partial charge in [0.05, 0.1) is 12.2 Å². The Balaban J connectivity index is 2.28. The zero-order chi connectivity index (χ0) is 12.3. The van der Waals surface area contributed by atoms with Crippen LogP contribution in [-0.4, -0.2) is 34.9 Å². The third-order valence-corrected chi connectivity index (χ3v) is 2.44. The summed E-state index contributed by atoms with van der Waals surface area (Å²) in [5.41, 5.74) is 1.15. The monoisotopic (exact) mass is 232 g/mol. The van der Waals surface area contributed by atoms with Crippen molar-refractivity contribution in [1.29, 1.82) is 0 Å². The van der Waals surface area contributed by atoms with E-state index in [1.165, 1.54) is 6.20 Å². The molecule has 0 atom stereocenters. The topological polar surface area (TPSA) is 82.2 Å². The molecule has 0 saturated carbocycles. The minimum atomic E-state index is -0.705. The molecule has 5 nitrogen and oxygen atoms in total. The van der Waals surface area contributed by atoms with E-state index >= 15 is 0 Å². The van der Waals surface area contributed by atoms with Crippen LogP contribution in [0.4, 0.5) is 0 Å². The summed E-state index contributed by atoms with van der Waals surface area (Å²) in [4.78, 5) is 26.2. The van der Waals surface area contributed by atoms with Crippen LogP contribution >= 0.6 is 0 Å².